The molecule has 0 bridgehead atoms. The maximum Gasteiger partial charge on any atom is 0.265 e. The monoisotopic (exact) mass is 342 g/mol. The van der Waals surface area contributed by atoms with E-state index in [2.05, 4.69) is 15.5 Å². The van der Waals surface area contributed by atoms with E-state index in [9.17, 15) is 9.59 Å². The molecule has 1 aromatic heterocycles. The van der Waals surface area contributed by atoms with Crippen LogP contribution in [-0.4, -0.2) is 39.5 Å². The lowest BCUT2D eigenvalue weighted by Gasteiger charge is -2.28. The highest BCUT2D eigenvalue weighted by Crippen LogP contribution is 2.37. The maximum atomic E-state index is 13.1. The average Bonchev–Trinajstić information content (AvgIpc) is 3.23. The van der Waals surface area contributed by atoms with Crippen molar-refractivity contribution in [2.75, 3.05) is 11.9 Å². The number of carbonyl (C=O) groups is 2. The molecule has 2 aromatic rings. The van der Waals surface area contributed by atoms with Gasteiger partial charge < -0.3 is 19.5 Å². The first-order chi connectivity index (χ1) is 12.0. The average molecular weight is 342 g/mol. The van der Waals surface area contributed by atoms with E-state index < -0.39 is 6.10 Å². The van der Waals surface area contributed by atoms with Gasteiger partial charge in [-0.25, -0.2) is 0 Å². The molecular formula is C17H18N4O4. The number of fused-ring (bicyclic) bond motifs is 1. The van der Waals surface area contributed by atoms with Crippen molar-refractivity contribution in [2.45, 2.75) is 38.8 Å². The second-order valence-corrected chi connectivity index (χ2v) is 6.26. The molecule has 130 valence electrons. The SMILES string of the molecule is Cc1nc([C@H]2CCCN2C(=O)c2cccc3c2O[C@@H](C)C(=O)N3)no1. The number of amides is 2. The van der Waals surface area contributed by atoms with E-state index in [-0.39, 0.29) is 17.9 Å². The third kappa shape index (κ3) is 2.63. The smallest absolute Gasteiger partial charge is 0.265 e. The summed E-state index contributed by atoms with van der Waals surface area (Å²) in [4.78, 5) is 30.9. The lowest BCUT2D eigenvalue weighted by Crippen LogP contribution is -2.37. The molecule has 2 atom stereocenters. The van der Waals surface area contributed by atoms with Crippen molar-refractivity contribution < 1.29 is 18.8 Å². The fourth-order valence-electron chi connectivity index (χ4n) is 3.28. The molecule has 25 heavy (non-hydrogen) atoms. The fourth-order valence-corrected chi connectivity index (χ4v) is 3.28. The summed E-state index contributed by atoms with van der Waals surface area (Å²) in [5.41, 5.74) is 0.941. The summed E-state index contributed by atoms with van der Waals surface area (Å²) >= 11 is 0. The van der Waals surface area contributed by atoms with Crippen LogP contribution in [0.2, 0.25) is 0 Å². The van der Waals surface area contributed by atoms with Gasteiger partial charge in [0.05, 0.1) is 17.3 Å². The third-order valence-electron chi connectivity index (χ3n) is 4.52. The molecule has 1 N–H and O–H groups in total. The highest BCUT2D eigenvalue weighted by molar-refractivity contribution is 6.04. The second-order valence-electron chi connectivity index (χ2n) is 6.26. The minimum atomic E-state index is -0.643. The molecule has 0 spiro atoms. The Hall–Kier alpha value is -2.90. The Labute approximate surface area is 144 Å². The summed E-state index contributed by atoms with van der Waals surface area (Å²) in [6.45, 7) is 3.99. The highest BCUT2D eigenvalue weighted by Gasteiger charge is 2.36. The van der Waals surface area contributed by atoms with Crippen molar-refractivity contribution in [3.63, 3.8) is 0 Å². The van der Waals surface area contributed by atoms with E-state index in [4.69, 9.17) is 9.26 Å². The molecule has 1 aromatic carbocycles. The molecule has 8 heteroatoms. The Kier molecular flexibility index (Phi) is 3.67. The zero-order valence-corrected chi connectivity index (χ0v) is 14.0. The van der Waals surface area contributed by atoms with Gasteiger partial charge in [0.2, 0.25) is 5.89 Å². The van der Waals surface area contributed by atoms with Gasteiger partial charge in [-0.2, -0.15) is 4.98 Å². The first-order valence-corrected chi connectivity index (χ1v) is 8.26. The third-order valence-corrected chi connectivity index (χ3v) is 4.52. The Balaban J connectivity index is 1.67. The highest BCUT2D eigenvalue weighted by atomic mass is 16.5. The van der Waals surface area contributed by atoms with E-state index in [0.29, 0.717) is 35.3 Å². The molecule has 1 saturated heterocycles. The summed E-state index contributed by atoms with van der Waals surface area (Å²) in [6, 6.07) is 4.95. The number of likely N-dealkylation sites (tertiary alicyclic amines) is 1. The summed E-state index contributed by atoms with van der Waals surface area (Å²) in [6.07, 6.45) is 1.01. The topological polar surface area (TPSA) is 97.6 Å². The minimum absolute atomic E-state index is 0.162. The number of hydrogen-bond donors (Lipinski definition) is 1. The number of ether oxygens (including phenoxy) is 1. The summed E-state index contributed by atoms with van der Waals surface area (Å²) in [7, 11) is 0. The molecule has 4 rings (SSSR count). The van der Waals surface area contributed by atoms with Crippen LogP contribution in [0.15, 0.2) is 22.7 Å². The zero-order valence-electron chi connectivity index (χ0n) is 14.0. The molecule has 3 heterocycles. The van der Waals surface area contributed by atoms with E-state index in [1.54, 1.807) is 36.9 Å². The Morgan fingerprint density at radius 3 is 3.00 bits per heavy atom. The van der Waals surface area contributed by atoms with E-state index in [0.717, 1.165) is 12.8 Å². The molecule has 0 saturated carbocycles. The van der Waals surface area contributed by atoms with Crippen molar-refractivity contribution in [2.24, 2.45) is 0 Å². The number of nitrogens with zero attached hydrogens (tertiary/aromatic N) is 3. The van der Waals surface area contributed by atoms with E-state index in [1.807, 2.05) is 0 Å². The van der Waals surface area contributed by atoms with Gasteiger partial charge in [-0.05, 0) is 31.9 Å². The van der Waals surface area contributed by atoms with Gasteiger partial charge >= 0.3 is 0 Å². The van der Waals surface area contributed by atoms with Crippen molar-refractivity contribution in [3.8, 4) is 5.75 Å². The number of nitrogens with one attached hydrogen (secondary N) is 1. The number of para-hydroxylation sites is 1. The Morgan fingerprint density at radius 2 is 2.24 bits per heavy atom. The van der Waals surface area contributed by atoms with Gasteiger partial charge in [0, 0.05) is 13.5 Å². The van der Waals surface area contributed by atoms with Gasteiger partial charge in [0.1, 0.15) is 0 Å². The largest absolute Gasteiger partial charge is 0.478 e. The summed E-state index contributed by atoms with van der Waals surface area (Å²) in [5, 5.41) is 6.73. The molecule has 0 aliphatic carbocycles. The van der Waals surface area contributed by atoms with E-state index in [1.165, 1.54) is 0 Å². The number of benzene rings is 1. The Bertz CT molecular complexity index is 847. The number of hydrogen-bond acceptors (Lipinski definition) is 6. The van der Waals surface area contributed by atoms with Crippen LogP contribution >= 0.6 is 0 Å². The first kappa shape index (κ1) is 15.6. The van der Waals surface area contributed by atoms with Crippen LogP contribution in [0.25, 0.3) is 0 Å². The van der Waals surface area contributed by atoms with Crippen molar-refractivity contribution in [1.82, 2.24) is 15.0 Å². The number of carbonyl (C=O) groups excluding carboxylic acids is 2. The quantitative estimate of drug-likeness (QED) is 0.897. The Morgan fingerprint density at radius 1 is 1.40 bits per heavy atom. The lowest BCUT2D eigenvalue weighted by molar-refractivity contribution is -0.122. The zero-order chi connectivity index (χ0) is 17.6. The molecule has 2 aliphatic rings. The molecular weight excluding hydrogens is 324 g/mol. The number of aromatic nitrogens is 2. The predicted octanol–water partition coefficient (Wildman–Crippen LogP) is 2.07. The predicted molar refractivity (Wildman–Crippen MR) is 87.2 cm³/mol. The number of anilines is 1. The standard InChI is InChI=1S/C17H18N4O4/c1-9-16(22)19-12-6-3-5-11(14(12)24-9)17(23)21-8-4-7-13(21)15-18-10(2)25-20-15/h3,5-6,9,13H,4,7-8H2,1-2H3,(H,19,22)/t9-,13+/m0/s1. The van der Waals surface area contributed by atoms with Gasteiger partial charge in [-0.1, -0.05) is 11.2 Å². The molecule has 2 aliphatic heterocycles. The lowest BCUT2D eigenvalue weighted by atomic mass is 10.1. The first-order valence-electron chi connectivity index (χ1n) is 8.26. The van der Waals surface area contributed by atoms with Crippen molar-refractivity contribution >= 4 is 17.5 Å². The van der Waals surface area contributed by atoms with Crippen LogP contribution in [0.3, 0.4) is 0 Å². The maximum absolute atomic E-state index is 13.1. The molecule has 0 radical (unpaired) electrons. The van der Waals surface area contributed by atoms with Gasteiger partial charge in [-0.3, -0.25) is 9.59 Å². The molecule has 8 nitrogen and oxygen atoms in total. The molecule has 2 amide bonds. The normalized spacial score (nSPS) is 22.3. The minimum Gasteiger partial charge on any atom is -0.478 e. The number of rotatable bonds is 2. The van der Waals surface area contributed by atoms with Gasteiger partial charge in [0.15, 0.2) is 17.7 Å². The van der Waals surface area contributed by atoms with Crippen LogP contribution in [0.1, 0.15) is 47.9 Å². The van der Waals surface area contributed by atoms with Crippen LogP contribution in [-0.2, 0) is 4.79 Å². The summed E-state index contributed by atoms with van der Waals surface area (Å²) < 4.78 is 10.7. The fraction of sp³-hybridized carbons (Fsp3) is 0.412. The second kappa shape index (κ2) is 5.87. The van der Waals surface area contributed by atoms with Crippen LogP contribution in [0.5, 0.6) is 5.75 Å². The van der Waals surface area contributed by atoms with Crippen molar-refractivity contribution in [1.29, 1.82) is 0 Å². The van der Waals surface area contributed by atoms with Gasteiger partial charge in [-0.15, -0.1) is 0 Å². The van der Waals surface area contributed by atoms with Gasteiger partial charge in [0.25, 0.3) is 11.8 Å². The molecule has 0 unspecified atom stereocenters. The molecule has 1 fully saturated rings. The van der Waals surface area contributed by atoms with Crippen LogP contribution in [0, 0.1) is 6.92 Å². The number of aryl methyl sites for hydroxylation is 1. The van der Waals surface area contributed by atoms with Crippen LogP contribution < -0.4 is 10.1 Å². The summed E-state index contributed by atoms with van der Waals surface area (Å²) in [5.74, 6) is 1.03. The van der Waals surface area contributed by atoms with Crippen LogP contribution in [0.4, 0.5) is 5.69 Å². The van der Waals surface area contributed by atoms with E-state index >= 15 is 0 Å². The van der Waals surface area contributed by atoms with Crippen molar-refractivity contribution in [3.05, 3.63) is 35.5 Å².